The quantitative estimate of drug-likeness (QED) is 0.731. The molecule has 0 radical (unpaired) electrons. The largest absolute Gasteiger partial charge is 0.343 e. The van der Waals surface area contributed by atoms with Crippen LogP contribution in [0.1, 0.15) is 48.9 Å². The minimum atomic E-state index is -1.04. The number of rotatable bonds is 7. The molecule has 0 spiro atoms. The smallest absolute Gasteiger partial charge is 0.223 e. The van der Waals surface area contributed by atoms with Crippen molar-refractivity contribution in [2.75, 3.05) is 19.6 Å². The summed E-state index contributed by atoms with van der Waals surface area (Å²) >= 11 is 0. The second-order valence-electron chi connectivity index (χ2n) is 7.06. The van der Waals surface area contributed by atoms with Crippen LogP contribution in [-0.4, -0.2) is 42.3 Å². The van der Waals surface area contributed by atoms with E-state index in [4.69, 9.17) is 0 Å². The molecule has 3 rings (SSSR count). The number of benzene rings is 1. The average Bonchev–Trinajstić information content (AvgIpc) is 3.45. The lowest BCUT2D eigenvalue weighted by Crippen LogP contribution is -2.45. The van der Waals surface area contributed by atoms with Crippen LogP contribution in [0.25, 0.3) is 0 Å². The summed E-state index contributed by atoms with van der Waals surface area (Å²) in [5, 5.41) is 3.57. The Labute approximate surface area is 158 Å². The summed E-state index contributed by atoms with van der Waals surface area (Å²) in [5.41, 5.74) is 0.106. The van der Waals surface area contributed by atoms with Crippen molar-refractivity contribution in [1.82, 2.24) is 10.2 Å². The Hall–Kier alpha value is -1.53. The molecular weight excluding hydrogens is 362 g/mol. The Bertz CT molecular complexity index is 644. The van der Waals surface area contributed by atoms with Gasteiger partial charge in [-0.15, -0.1) is 12.4 Å². The maximum atomic E-state index is 13.2. The molecule has 7 heteroatoms. The Balaban J connectivity index is 0.00000243. The second-order valence-corrected chi connectivity index (χ2v) is 7.06. The first-order valence-electron chi connectivity index (χ1n) is 9.02. The highest BCUT2D eigenvalue weighted by Crippen LogP contribution is 2.28. The number of ketones is 1. The van der Waals surface area contributed by atoms with Crippen LogP contribution in [0, 0.1) is 17.6 Å². The molecule has 2 aliphatic rings. The van der Waals surface area contributed by atoms with Gasteiger partial charge in [-0.25, -0.2) is 8.78 Å². The van der Waals surface area contributed by atoms with E-state index in [9.17, 15) is 18.4 Å². The van der Waals surface area contributed by atoms with Gasteiger partial charge in [-0.1, -0.05) is 0 Å². The van der Waals surface area contributed by atoms with Crippen molar-refractivity contribution in [3.05, 3.63) is 35.4 Å². The van der Waals surface area contributed by atoms with Crippen molar-refractivity contribution in [3.8, 4) is 0 Å². The zero-order valence-electron chi connectivity index (χ0n) is 14.7. The van der Waals surface area contributed by atoms with Gasteiger partial charge >= 0.3 is 0 Å². The molecule has 144 valence electrons. The molecule has 1 saturated heterocycles. The number of hydrogen-bond donors (Lipinski definition) is 1. The van der Waals surface area contributed by atoms with Crippen LogP contribution >= 0.6 is 12.4 Å². The van der Waals surface area contributed by atoms with Gasteiger partial charge in [0.2, 0.25) is 5.91 Å². The third kappa shape index (κ3) is 5.74. The van der Waals surface area contributed by atoms with Gasteiger partial charge in [0.05, 0.1) is 0 Å². The minimum absolute atomic E-state index is 0. The van der Waals surface area contributed by atoms with Gasteiger partial charge in [0, 0.05) is 37.5 Å². The molecule has 4 nitrogen and oxygen atoms in total. The summed E-state index contributed by atoms with van der Waals surface area (Å²) in [5.74, 6) is -1.56. The van der Waals surface area contributed by atoms with Gasteiger partial charge < -0.3 is 10.2 Å². The zero-order valence-corrected chi connectivity index (χ0v) is 15.5. The molecule has 1 aromatic carbocycles. The first-order chi connectivity index (χ1) is 12.0. The summed E-state index contributed by atoms with van der Waals surface area (Å²) < 4.78 is 26.1. The van der Waals surface area contributed by atoms with E-state index in [1.807, 2.05) is 0 Å². The number of nitrogens with one attached hydrogen (secondary N) is 1. The minimum Gasteiger partial charge on any atom is -0.343 e. The van der Waals surface area contributed by atoms with Crippen molar-refractivity contribution in [2.24, 2.45) is 5.92 Å². The van der Waals surface area contributed by atoms with Crippen molar-refractivity contribution in [1.29, 1.82) is 0 Å². The highest BCUT2D eigenvalue weighted by molar-refractivity contribution is 5.97. The SMILES string of the molecule is Cl.O=C(CCC(=O)N1CCC(NCC2CC2)CC1)c1ccc(F)c(F)c1. The number of likely N-dealkylation sites (tertiary alicyclic amines) is 1. The lowest BCUT2D eigenvalue weighted by atomic mass is 10.0. The van der Waals surface area contributed by atoms with Crippen molar-refractivity contribution >= 4 is 24.1 Å². The van der Waals surface area contributed by atoms with Crippen LogP contribution < -0.4 is 5.32 Å². The van der Waals surface area contributed by atoms with E-state index in [0.29, 0.717) is 19.1 Å². The van der Waals surface area contributed by atoms with Crippen molar-refractivity contribution in [2.45, 2.75) is 44.6 Å². The van der Waals surface area contributed by atoms with Gasteiger partial charge in [-0.2, -0.15) is 0 Å². The van der Waals surface area contributed by atoms with Crippen molar-refractivity contribution in [3.63, 3.8) is 0 Å². The lowest BCUT2D eigenvalue weighted by Gasteiger charge is -2.32. The molecule has 26 heavy (non-hydrogen) atoms. The second kappa shape index (κ2) is 9.42. The highest BCUT2D eigenvalue weighted by atomic mass is 35.5. The molecule has 1 N–H and O–H groups in total. The summed E-state index contributed by atoms with van der Waals surface area (Å²) in [6.45, 7) is 2.50. The van der Waals surface area contributed by atoms with E-state index in [0.717, 1.165) is 37.4 Å². The van der Waals surface area contributed by atoms with Gasteiger partial charge in [0.15, 0.2) is 17.4 Å². The number of halogens is 3. The predicted molar refractivity (Wildman–Crippen MR) is 97.5 cm³/mol. The molecule has 1 aromatic rings. The van der Waals surface area contributed by atoms with E-state index < -0.39 is 11.6 Å². The van der Waals surface area contributed by atoms with Crippen LogP contribution in [0.2, 0.25) is 0 Å². The normalized spacial score (nSPS) is 17.7. The summed E-state index contributed by atoms with van der Waals surface area (Å²) in [4.78, 5) is 26.1. The molecule has 1 amide bonds. The molecule has 1 aliphatic heterocycles. The van der Waals surface area contributed by atoms with Crippen LogP contribution in [-0.2, 0) is 4.79 Å². The Morgan fingerprint density at radius 2 is 1.73 bits per heavy atom. The lowest BCUT2D eigenvalue weighted by molar-refractivity contribution is -0.132. The van der Waals surface area contributed by atoms with E-state index >= 15 is 0 Å². The number of carbonyl (C=O) groups excluding carboxylic acids is 2. The molecule has 1 aliphatic carbocycles. The monoisotopic (exact) mass is 386 g/mol. The van der Waals surface area contributed by atoms with E-state index in [2.05, 4.69) is 5.32 Å². The number of piperidine rings is 1. The molecule has 0 unspecified atom stereocenters. The first-order valence-corrected chi connectivity index (χ1v) is 9.02. The zero-order chi connectivity index (χ0) is 17.8. The molecule has 0 atom stereocenters. The molecule has 0 aromatic heterocycles. The third-order valence-corrected chi connectivity index (χ3v) is 5.05. The van der Waals surface area contributed by atoms with Gasteiger partial charge in [-0.3, -0.25) is 9.59 Å². The fraction of sp³-hybridized carbons (Fsp3) is 0.579. The highest BCUT2D eigenvalue weighted by Gasteiger charge is 2.26. The standard InChI is InChI=1S/C19H24F2N2O2.ClH/c20-16-4-3-14(11-17(16)21)18(24)5-6-19(25)23-9-7-15(8-10-23)22-12-13-1-2-13;/h3-4,11,13,15,22H,1-2,5-10,12H2;1H. The fourth-order valence-electron chi connectivity index (χ4n) is 3.18. The summed E-state index contributed by atoms with van der Waals surface area (Å²) in [6, 6.07) is 3.55. The predicted octanol–water partition coefficient (Wildman–Crippen LogP) is 3.34. The van der Waals surface area contributed by atoms with E-state index in [-0.39, 0.29) is 42.5 Å². The van der Waals surface area contributed by atoms with E-state index in [1.54, 1.807) is 4.90 Å². The maximum Gasteiger partial charge on any atom is 0.223 e. The Kier molecular flexibility index (Phi) is 7.53. The maximum absolute atomic E-state index is 13.2. The molecule has 1 saturated carbocycles. The molecular formula is C19H25ClF2N2O2. The number of hydrogen-bond acceptors (Lipinski definition) is 3. The molecule has 2 fully saturated rings. The fourth-order valence-corrected chi connectivity index (χ4v) is 3.18. The topological polar surface area (TPSA) is 49.4 Å². The van der Waals surface area contributed by atoms with Gasteiger partial charge in [0.1, 0.15) is 0 Å². The van der Waals surface area contributed by atoms with Crippen LogP contribution in [0.5, 0.6) is 0 Å². The molecule has 0 bridgehead atoms. The Morgan fingerprint density at radius 1 is 1.04 bits per heavy atom. The van der Waals surface area contributed by atoms with E-state index in [1.165, 1.54) is 18.9 Å². The number of amides is 1. The van der Waals surface area contributed by atoms with Gasteiger partial charge in [0.25, 0.3) is 0 Å². The molecule has 1 heterocycles. The summed E-state index contributed by atoms with van der Waals surface area (Å²) in [7, 11) is 0. The number of Topliss-reactive ketones (excluding diaryl/α,β-unsaturated/α-hetero) is 1. The number of nitrogens with zero attached hydrogens (tertiary/aromatic N) is 1. The first kappa shape index (κ1) is 20.8. The Morgan fingerprint density at radius 3 is 2.35 bits per heavy atom. The summed E-state index contributed by atoms with van der Waals surface area (Å²) in [6.07, 6.45) is 4.67. The van der Waals surface area contributed by atoms with Crippen LogP contribution in [0.15, 0.2) is 18.2 Å². The van der Waals surface area contributed by atoms with Crippen LogP contribution in [0.4, 0.5) is 8.78 Å². The van der Waals surface area contributed by atoms with Gasteiger partial charge in [-0.05, 0) is 56.3 Å². The van der Waals surface area contributed by atoms with Crippen molar-refractivity contribution < 1.29 is 18.4 Å². The van der Waals surface area contributed by atoms with Crippen LogP contribution in [0.3, 0.4) is 0 Å². The average molecular weight is 387 g/mol. The third-order valence-electron chi connectivity index (χ3n) is 5.05. The number of carbonyl (C=O) groups is 2.